The molecular weight excluding hydrogens is 360 g/mol. The largest absolute Gasteiger partial charge is 0.384 e. The van der Waals surface area contributed by atoms with Gasteiger partial charge in [0.1, 0.15) is 11.5 Å². The molecule has 0 aromatic carbocycles. The molecule has 2 aliphatic rings. The third kappa shape index (κ3) is 3.87. The first-order valence-corrected chi connectivity index (χ1v) is 10.9. The summed E-state index contributed by atoms with van der Waals surface area (Å²) < 4.78 is 0. The lowest BCUT2D eigenvalue weighted by molar-refractivity contribution is 0.373. The summed E-state index contributed by atoms with van der Waals surface area (Å²) in [5, 5.41) is 8.07. The van der Waals surface area contributed by atoms with Gasteiger partial charge in [0.2, 0.25) is 0 Å². The molecule has 5 rings (SSSR count). The summed E-state index contributed by atoms with van der Waals surface area (Å²) in [6, 6.07) is 8.51. The first kappa shape index (κ1) is 18.6. The van der Waals surface area contributed by atoms with Gasteiger partial charge in [-0.1, -0.05) is 6.07 Å². The van der Waals surface area contributed by atoms with Crippen molar-refractivity contribution < 1.29 is 0 Å². The van der Waals surface area contributed by atoms with Gasteiger partial charge >= 0.3 is 0 Å². The standard InChI is InChI=1S/C23H30N6/c24-21-2-1-17(13-15-3-8-25-9-4-15)22(29-21)18-7-12-27-23-19(18)14-20(28-23)16-5-10-26-11-6-16/h1-2,7,12,14-16,25-26H,3-6,8-11,13H2,(H2,24,29)(H,27,28). The molecule has 3 aromatic heterocycles. The van der Waals surface area contributed by atoms with Gasteiger partial charge in [0.05, 0.1) is 5.69 Å². The minimum atomic E-state index is 0.571. The fourth-order valence-corrected chi connectivity index (χ4v) is 4.90. The number of nitrogen functional groups attached to an aromatic ring is 1. The van der Waals surface area contributed by atoms with Gasteiger partial charge in [-0.3, -0.25) is 0 Å². The van der Waals surface area contributed by atoms with E-state index >= 15 is 0 Å². The Balaban J connectivity index is 1.54. The summed E-state index contributed by atoms with van der Waals surface area (Å²) >= 11 is 0. The van der Waals surface area contributed by atoms with Crippen LogP contribution in [0.4, 0.5) is 5.82 Å². The number of fused-ring (bicyclic) bond motifs is 1. The second-order valence-electron chi connectivity index (χ2n) is 8.51. The van der Waals surface area contributed by atoms with Crippen LogP contribution in [-0.2, 0) is 6.42 Å². The van der Waals surface area contributed by atoms with Gasteiger partial charge in [-0.05, 0) is 88.0 Å². The molecule has 0 aliphatic carbocycles. The number of aromatic nitrogens is 3. The van der Waals surface area contributed by atoms with Crippen LogP contribution in [0.2, 0.25) is 0 Å². The van der Waals surface area contributed by atoms with Crippen molar-refractivity contribution >= 4 is 16.9 Å². The molecule has 6 nitrogen and oxygen atoms in total. The molecule has 5 heterocycles. The molecule has 0 unspecified atom stereocenters. The zero-order valence-corrected chi connectivity index (χ0v) is 16.9. The second kappa shape index (κ2) is 8.13. The highest BCUT2D eigenvalue weighted by atomic mass is 14.9. The van der Waals surface area contributed by atoms with E-state index < -0.39 is 0 Å². The lowest BCUT2D eigenvalue weighted by Gasteiger charge is -2.23. The number of aromatic amines is 1. The van der Waals surface area contributed by atoms with E-state index in [9.17, 15) is 0 Å². The summed E-state index contributed by atoms with van der Waals surface area (Å²) in [5.41, 5.74) is 11.8. The Hall–Kier alpha value is -2.44. The van der Waals surface area contributed by atoms with Crippen molar-refractivity contribution in [3.05, 3.63) is 41.7 Å². The average Bonchev–Trinajstić information content (AvgIpc) is 3.21. The lowest BCUT2D eigenvalue weighted by atomic mass is 9.89. The Morgan fingerprint density at radius 2 is 1.72 bits per heavy atom. The van der Waals surface area contributed by atoms with Gasteiger partial charge in [0, 0.05) is 28.8 Å². The van der Waals surface area contributed by atoms with Crippen molar-refractivity contribution in [1.29, 1.82) is 0 Å². The fourth-order valence-electron chi connectivity index (χ4n) is 4.90. The zero-order chi connectivity index (χ0) is 19.6. The molecule has 0 amide bonds. The molecule has 0 saturated carbocycles. The van der Waals surface area contributed by atoms with Gasteiger partial charge in [0.15, 0.2) is 0 Å². The van der Waals surface area contributed by atoms with E-state index in [0.717, 1.165) is 54.9 Å². The van der Waals surface area contributed by atoms with Crippen LogP contribution >= 0.6 is 0 Å². The Labute approximate surface area is 171 Å². The van der Waals surface area contributed by atoms with Gasteiger partial charge in [-0.25, -0.2) is 9.97 Å². The molecule has 6 heteroatoms. The van der Waals surface area contributed by atoms with Crippen LogP contribution in [0.15, 0.2) is 30.5 Å². The van der Waals surface area contributed by atoms with E-state index in [0.29, 0.717) is 17.7 Å². The number of rotatable bonds is 4. The molecule has 2 saturated heterocycles. The Morgan fingerprint density at radius 3 is 2.52 bits per heavy atom. The summed E-state index contributed by atoms with van der Waals surface area (Å²) in [6.45, 7) is 4.38. The minimum Gasteiger partial charge on any atom is -0.384 e. The quantitative estimate of drug-likeness (QED) is 0.549. The van der Waals surface area contributed by atoms with Gasteiger partial charge in [0.25, 0.3) is 0 Å². The Kier molecular flexibility index (Phi) is 5.21. The van der Waals surface area contributed by atoms with Crippen molar-refractivity contribution in [1.82, 2.24) is 25.6 Å². The first-order valence-electron chi connectivity index (χ1n) is 10.9. The molecule has 2 fully saturated rings. The van der Waals surface area contributed by atoms with Crippen LogP contribution in [0.3, 0.4) is 0 Å². The molecule has 0 radical (unpaired) electrons. The van der Waals surface area contributed by atoms with Gasteiger partial charge in [-0.15, -0.1) is 0 Å². The lowest BCUT2D eigenvalue weighted by Crippen LogP contribution is -2.28. The number of nitrogens with two attached hydrogens (primary N) is 1. The van der Waals surface area contributed by atoms with Crippen LogP contribution < -0.4 is 16.4 Å². The first-order chi connectivity index (χ1) is 14.3. The molecule has 3 aromatic rings. The molecule has 0 bridgehead atoms. The molecule has 0 spiro atoms. The highest BCUT2D eigenvalue weighted by molar-refractivity contribution is 5.93. The summed E-state index contributed by atoms with van der Waals surface area (Å²) in [5.74, 6) is 1.85. The van der Waals surface area contributed by atoms with E-state index in [2.05, 4.69) is 38.8 Å². The molecular formula is C23H30N6. The maximum absolute atomic E-state index is 6.11. The fraction of sp³-hybridized carbons (Fsp3) is 0.478. The van der Waals surface area contributed by atoms with Crippen LogP contribution in [-0.4, -0.2) is 41.1 Å². The van der Waals surface area contributed by atoms with E-state index in [1.54, 1.807) is 0 Å². The highest BCUT2D eigenvalue weighted by Crippen LogP contribution is 2.34. The van der Waals surface area contributed by atoms with Gasteiger partial charge < -0.3 is 21.4 Å². The highest BCUT2D eigenvalue weighted by Gasteiger charge is 2.21. The summed E-state index contributed by atoms with van der Waals surface area (Å²) in [4.78, 5) is 13.0. The second-order valence-corrected chi connectivity index (χ2v) is 8.51. The molecule has 29 heavy (non-hydrogen) atoms. The van der Waals surface area contributed by atoms with Crippen molar-refractivity contribution in [3.63, 3.8) is 0 Å². The van der Waals surface area contributed by atoms with Crippen LogP contribution in [0.25, 0.3) is 22.3 Å². The Bertz CT molecular complexity index is 982. The number of H-pyrrole nitrogens is 1. The number of nitrogens with one attached hydrogen (secondary N) is 3. The predicted molar refractivity (Wildman–Crippen MR) is 118 cm³/mol. The predicted octanol–water partition coefficient (Wildman–Crippen LogP) is 3.22. The molecule has 2 aliphatic heterocycles. The number of pyridine rings is 2. The third-order valence-corrected chi connectivity index (χ3v) is 6.55. The van der Waals surface area contributed by atoms with Crippen LogP contribution in [0.1, 0.15) is 42.9 Å². The SMILES string of the molecule is Nc1ccc(CC2CCNCC2)c(-c2ccnc3[nH]c(C4CCNCC4)cc23)n1. The average molecular weight is 391 g/mol. The van der Waals surface area contributed by atoms with Crippen molar-refractivity contribution in [2.24, 2.45) is 5.92 Å². The molecule has 0 atom stereocenters. The van der Waals surface area contributed by atoms with Crippen LogP contribution in [0, 0.1) is 5.92 Å². The maximum Gasteiger partial charge on any atom is 0.138 e. The maximum atomic E-state index is 6.11. The molecule has 5 N–H and O–H groups in total. The Morgan fingerprint density at radius 1 is 0.966 bits per heavy atom. The number of hydrogen-bond acceptors (Lipinski definition) is 5. The van der Waals surface area contributed by atoms with E-state index in [4.69, 9.17) is 10.7 Å². The van der Waals surface area contributed by atoms with Crippen molar-refractivity contribution in [2.75, 3.05) is 31.9 Å². The van der Waals surface area contributed by atoms with Gasteiger partial charge in [-0.2, -0.15) is 0 Å². The van der Waals surface area contributed by atoms with E-state index in [1.165, 1.54) is 36.9 Å². The van der Waals surface area contributed by atoms with Crippen LogP contribution in [0.5, 0.6) is 0 Å². The van der Waals surface area contributed by atoms with Crippen molar-refractivity contribution in [2.45, 2.75) is 38.0 Å². The summed E-state index contributed by atoms with van der Waals surface area (Å²) in [6.07, 6.45) is 7.72. The monoisotopic (exact) mass is 390 g/mol. The minimum absolute atomic E-state index is 0.571. The number of hydrogen-bond donors (Lipinski definition) is 4. The van der Waals surface area contributed by atoms with Crippen molar-refractivity contribution in [3.8, 4) is 11.3 Å². The van der Waals surface area contributed by atoms with E-state index in [1.807, 2.05) is 12.3 Å². The smallest absolute Gasteiger partial charge is 0.138 e. The topological polar surface area (TPSA) is 91.6 Å². The number of anilines is 1. The number of nitrogens with zero attached hydrogens (tertiary/aromatic N) is 2. The van der Waals surface area contributed by atoms with E-state index in [-0.39, 0.29) is 0 Å². The third-order valence-electron chi connectivity index (χ3n) is 6.55. The summed E-state index contributed by atoms with van der Waals surface area (Å²) in [7, 11) is 0. The molecule has 152 valence electrons. The normalized spacial score (nSPS) is 19.0. The number of piperidine rings is 2. The zero-order valence-electron chi connectivity index (χ0n) is 16.9.